The molecule has 1 aliphatic heterocycles. The van der Waals surface area contributed by atoms with E-state index in [1.54, 1.807) is 41.3 Å². The van der Waals surface area contributed by atoms with E-state index in [9.17, 15) is 13.2 Å². The van der Waals surface area contributed by atoms with Crippen molar-refractivity contribution < 1.29 is 17.9 Å². The van der Waals surface area contributed by atoms with Crippen LogP contribution in [0.2, 0.25) is 5.02 Å². The molecule has 182 valence electrons. The van der Waals surface area contributed by atoms with Crippen molar-refractivity contribution in [1.82, 2.24) is 9.88 Å². The van der Waals surface area contributed by atoms with Gasteiger partial charge in [-0.2, -0.15) is 0 Å². The lowest BCUT2D eigenvalue weighted by Crippen LogP contribution is -2.39. The summed E-state index contributed by atoms with van der Waals surface area (Å²) in [7, 11) is -3.42. The number of fused-ring (bicyclic) bond motifs is 1. The Bertz CT molecular complexity index is 1210. The first-order valence-electron chi connectivity index (χ1n) is 11.4. The molecular formula is C24H28ClN3O4S2. The zero-order chi connectivity index (χ0) is 24.0. The number of anilines is 1. The lowest BCUT2D eigenvalue weighted by Gasteiger charge is -2.27. The van der Waals surface area contributed by atoms with E-state index in [-0.39, 0.29) is 29.4 Å². The van der Waals surface area contributed by atoms with Gasteiger partial charge in [0, 0.05) is 37.6 Å². The molecule has 1 aliphatic rings. The van der Waals surface area contributed by atoms with Gasteiger partial charge in [0.1, 0.15) is 0 Å². The molecule has 0 radical (unpaired) electrons. The number of hydrogen-bond acceptors (Lipinski definition) is 7. The van der Waals surface area contributed by atoms with Crippen molar-refractivity contribution in [3.05, 3.63) is 53.6 Å². The molecule has 4 rings (SSSR count). The Hall–Kier alpha value is -2.04. The fourth-order valence-corrected chi connectivity index (χ4v) is 6.52. The van der Waals surface area contributed by atoms with Crippen molar-refractivity contribution >= 4 is 54.0 Å². The van der Waals surface area contributed by atoms with Crippen molar-refractivity contribution in [2.75, 3.05) is 50.0 Å². The fourth-order valence-electron chi connectivity index (χ4n) is 3.90. The van der Waals surface area contributed by atoms with Crippen LogP contribution in [-0.2, 0) is 19.4 Å². The van der Waals surface area contributed by atoms with Crippen LogP contribution in [0, 0.1) is 0 Å². The van der Waals surface area contributed by atoms with Gasteiger partial charge in [0.15, 0.2) is 15.0 Å². The first-order chi connectivity index (χ1) is 16.4. The van der Waals surface area contributed by atoms with Gasteiger partial charge in [-0.15, -0.1) is 0 Å². The Labute approximate surface area is 209 Å². The molecule has 0 spiro atoms. The number of amides is 1. The number of hydrogen-bond donors (Lipinski definition) is 0. The average molecular weight is 522 g/mol. The van der Waals surface area contributed by atoms with Crippen LogP contribution in [0.4, 0.5) is 5.13 Å². The number of morpholine rings is 1. The highest BCUT2D eigenvalue weighted by atomic mass is 35.5. The number of ether oxygens (including phenoxy) is 1. The first-order valence-corrected chi connectivity index (χ1v) is 14.2. The second-order valence-corrected chi connectivity index (χ2v) is 11.8. The van der Waals surface area contributed by atoms with Crippen molar-refractivity contribution in [3.8, 4) is 0 Å². The Morgan fingerprint density at radius 3 is 2.65 bits per heavy atom. The maximum absolute atomic E-state index is 13.2. The van der Waals surface area contributed by atoms with Crippen LogP contribution in [0.25, 0.3) is 10.2 Å². The molecule has 0 unspecified atom stereocenters. The number of thiazole rings is 1. The van der Waals surface area contributed by atoms with Gasteiger partial charge in [-0.3, -0.25) is 14.6 Å². The third-order valence-electron chi connectivity index (χ3n) is 5.74. The second kappa shape index (κ2) is 11.6. The Morgan fingerprint density at radius 2 is 1.88 bits per heavy atom. The van der Waals surface area contributed by atoms with Gasteiger partial charge in [-0.05, 0) is 43.2 Å². The van der Waals surface area contributed by atoms with E-state index in [1.165, 1.54) is 11.3 Å². The number of sulfone groups is 1. The standard InChI is InChI=1S/C24H28ClN3O4S2/c25-19-9-10-21-22(18-19)33-24(26-21)28(12-5-11-27-13-15-32-16-14-27)23(29)8-4-17-34(30,31)20-6-2-1-3-7-20/h1-3,6-7,9-10,18H,4-5,8,11-17H2. The van der Waals surface area contributed by atoms with E-state index >= 15 is 0 Å². The number of halogens is 1. The van der Waals surface area contributed by atoms with Crippen LogP contribution in [0.3, 0.4) is 0 Å². The highest BCUT2D eigenvalue weighted by Gasteiger charge is 2.22. The number of benzene rings is 2. The largest absolute Gasteiger partial charge is 0.379 e. The van der Waals surface area contributed by atoms with Crippen LogP contribution in [0.1, 0.15) is 19.3 Å². The summed E-state index contributed by atoms with van der Waals surface area (Å²) >= 11 is 7.55. The maximum Gasteiger partial charge on any atom is 0.228 e. The summed E-state index contributed by atoms with van der Waals surface area (Å²) in [6.45, 7) is 4.64. The fraction of sp³-hybridized carbons (Fsp3) is 0.417. The molecule has 0 saturated carbocycles. The molecule has 1 aromatic heterocycles. The van der Waals surface area contributed by atoms with Crippen LogP contribution >= 0.6 is 22.9 Å². The Balaban J connectivity index is 1.43. The summed E-state index contributed by atoms with van der Waals surface area (Å²) in [6, 6.07) is 13.8. The molecule has 7 nitrogen and oxygen atoms in total. The van der Waals surface area contributed by atoms with E-state index < -0.39 is 9.84 Å². The van der Waals surface area contributed by atoms with Gasteiger partial charge < -0.3 is 4.74 Å². The van der Waals surface area contributed by atoms with Gasteiger partial charge in [-0.1, -0.05) is 41.1 Å². The molecule has 0 atom stereocenters. The normalized spacial score (nSPS) is 15.0. The smallest absolute Gasteiger partial charge is 0.228 e. The van der Waals surface area contributed by atoms with E-state index in [0.29, 0.717) is 16.7 Å². The highest BCUT2D eigenvalue weighted by Crippen LogP contribution is 2.31. The van der Waals surface area contributed by atoms with Gasteiger partial charge in [0.25, 0.3) is 0 Å². The quantitative estimate of drug-likeness (QED) is 0.396. The Morgan fingerprint density at radius 1 is 1.12 bits per heavy atom. The number of carbonyl (C=O) groups is 1. The second-order valence-electron chi connectivity index (χ2n) is 8.20. The zero-order valence-electron chi connectivity index (χ0n) is 18.9. The van der Waals surface area contributed by atoms with E-state index in [4.69, 9.17) is 16.3 Å². The van der Waals surface area contributed by atoms with Crippen LogP contribution in [0.5, 0.6) is 0 Å². The third-order valence-corrected chi connectivity index (χ3v) is 8.83. The minimum Gasteiger partial charge on any atom is -0.379 e. The predicted molar refractivity (Wildman–Crippen MR) is 137 cm³/mol. The summed E-state index contributed by atoms with van der Waals surface area (Å²) in [6.07, 6.45) is 1.19. The van der Waals surface area contributed by atoms with Crippen LogP contribution in [0.15, 0.2) is 53.4 Å². The molecule has 2 heterocycles. The highest BCUT2D eigenvalue weighted by molar-refractivity contribution is 7.91. The SMILES string of the molecule is O=C(CCCS(=O)(=O)c1ccccc1)N(CCCN1CCOCC1)c1nc2ccc(Cl)cc2s1. The number of carbonyl (C=O) groups excluding carboxylic acids is 1. The number of rotatable bonds is 10. The van der Waals surface area contributed by atoms with Gasteiger partial charge in [0.05, 0.1) is 34.1 Å². The van der Waals surface area contributed by atoms with Crippen molar-refractivity contribution in [3.63, 3.8) is 0 Å². The minimum atomic E-state index is -3.42. The zero-order valence-corrected chi connectivity index (χ0v) is 21.2. The molecule has 0 aliphatic carbocycles. The molecular weight excluding hydrogens is 494 g/mol. The molecule has 1 fully saturated rings. The van der Waals surface area contributed by atoms with Crippen LogP contribution < -0.4 is 4.90 Å². The van der Waals surface area contributed by atoms with Crippen molar-refractivity contribution in [2.24, 2.45) is 0 Å². The van der Waals surface area contributed by atoms with E-state index in [0.717, 1.165) is 49.5 Å². The summed E-state index contributed by atoms with van der Waals surface area (Å²) in [5.74, 6) is -0.185. The van der Waals surface area contributed by atoms with Gasteiger partial charge in [0.2, 0.25) is 5.91 Å². The maximum atomic E-state index is 13.2. The molecule has 0 bridgehead atoms. The average Bonchev–Trinajstić information content (AvgIpc) is 3.25. The summed E-state index contributed by atoms with van der Waals surface area (Å²) in [4.78, 5) is 22.2. The number of aromatic nitrogens is 1. The lowest BCUT2D eigenvalue weighted by molar-refractivity contribution is -0.118. The first kappa shape index (κ1) is 25.1. The molecule has 1 amide bonds. The van der Waals surface area contributed by atoms with E-state index in [1.807, 2.05) is 12.1 Å². The minimum absolute atomic E-state index is 0.0696. The summed E-state index contributed by atoms with van der Waals surface area (Å²) < 4.78 is 31.5. The predicted octanol–water partition coefficient (Wildman–Crippen LogP) is 4.26. The van der Waals surface area contributed by atoms with Gasteiger partial charge >= 0.3 is 0 Å². The van der Waals surface area contributed by atoms with Crippen LogP contribution in [-0.4, -0.2) is 69.4 Å². The van der Waals surface area contributed by atoms with E-state index in [2.05, 4.69) is 9.88 Å². The summed E-state index contributed by atoms with van der Waals surface area (Å²) in [5.41, 5.74) is 0.794. The molecule has 0 N–H and O–H groups in total. The lowest BCUT2D eigenvalue weighted by atomic mass is 10.2. The third kappa shape index (κ3) is 6.55. The Kier molecular flexibility index (Phi) is 8.55. The van der Waals surface area contributed by atoms with Gasteiger partial charge in [-0.25, -0.2) is 13.4 Å². The summed E-state index contributed by atoms with van der Waals surface area (Å²) in [5, 5.41) is 1.24. The molecule has 34 heavy (non-hydrogen) atoms. The molecule has 10 heteroatoms. The van der Waals surface area contributed by atoms with Crippen molar-refractivity contribution in [2.45, 2.75) is 24.2 Å². The van der Waals surface area contributed by atoms with Crippen molar-refractivity contribution in [1.29, 1.82) is 0 Å². The monoisotopic (exact) mass is 521 g/mol. The molecule has 2 aromatic carbocycles. The molecule has 3 aromatic rings. The topological polar surface area (TPSA) is 79.8 Å². The molecule has 1 saturated heterocycles. The number of nitrogens with zero attached hydrogens (tertiary/aromatic N) is 3.